The maximum atomic E-state index is 13.3. The van der Waals surface area contributed by atoms with Crippen molar-refractivity contribution in [2.45, 2.75) is 6.92 Å². The number of methoxy groups -OCH3 is 1. The van der Waals surface area contributed by atoms with Crippen molar-refractivity contribution < 1.29 is 24.2 Å². The highest BCUT2D eigenvalue weighted by molar-refractivity contribution is 6.45. The number of ether oxygens (including phenoxy) is 2. The Morgan fingerprint density at radius 3 is 2.38 bits per heavy atom. The molecule has 0 spiro atoms. The quantitative estimate of drug-likeness (QED) is 0.690. The van der Waals surface area contributed by atoms with Gasteiger partial charge in [0, 0.05) is 19.7 Å². The Bertz CT molecular complexity index is 936. The highest BCUT2D eigenvalue weighted by Crippen LogP contribution is 2.35. The first-order valence-corrected chi connectivity index (χ1v) is 9.34. The molecule has 1 aliphatic heterocycles. The van der Waals surface area contributed by atoms with Crippen LogP contribution in [0.5, 0.6) is 11.5 Å². The molecule has 0 aromatic heterocycles. The van der Waals surface area contributed by atoms with Gasteiger partial charge < -0.3 is 19.5 Å². The Kier molecular flexibility index (Phi) is 6.19. The van der Waals surface area contributed by atoms with E-state index in [4.69, 9.17) is 9.47 Å². The van der Waals surface area contributed by atoms with Gasteiger partial charge in [0.2, 0.25) is 0 Å². The fraction of sp³-hybridized carbons (Fsp3) is 0.273. The number of rotatable bonds is 8. The second-order valence-electron chi connectivity index (χ2n) is 6.47. The van der Waals surface area contributed by atoms with Crippen LogP contribution in [0.3, 0.4) is 0 Å². The lowest BCUT2D eigenvalue weighted by Gasteiger charge is -2.20. The third-order valence-electron chi connectivity index (χ3n) is 4.64. The van der Waals surface area contributed by atoms with Crippen molar-refractivity contribution in [3.05, 3.63) is 59.8 Å². The number of nitrogens with zero attached hydrogens (tertiary/aromatic N) is 2. The van der Waals surface area contributed by atoms with E-state index in [1.165, 1.54) is 7.11 Å². The van der Waals surface area contributed by atoms with Crippen molar-refractivity contribution in [1.29, 1.82) is 0 Å². The normalized spacial score (nSPS) is 13.9. The Hall–Kier alpha value is -3.32. The van der Waals surface area contributed by atoms with E-state index >= 15 is 0 Å². The van der Waals surface area contributed by atoms with E-state index in [1.54, 1.807) is 60.5 Å². The second-order valence-corrected chi connectivity index (χ2v) is 6.47. The minimum Gasteiger partial charge on any atom is -0.497 e. The summed E-state index contributed by atoms with van der Waals surface area (Å²) in [7, 11) is 3.21. The molecule has 152 valence electrons. The molecule has 0 radical (unpaired) electrons. The maximum Gasteiger partial charge on any atom is 0.282 e. The van der Waals surface area contributed by atoms with E-state index in [0.717, 1.165) is 4.90 Å². The van der Waals surface area contributed by atoms with Crippen LogP contribution in [0, 0.1) is 0 Å². The van der Waals surface area contributed by atoms with E-state index in [2.05, 4.69) is 0 Å². The van der Waals surface area contributed by atoms with Crippen LogP contribution in [0.2, 0.25) is 0 Å². The molecular formula is C22H24N2O5. The molecule has 0 saturated carbocycles. The Morgan fingerprint density at radius 1 is 1.03 bits per heavy atom. The van der Waals surface area contributed by atoms with Crippen LogP contribution in [-0.2, 0) is 9.59 Å². The molecule has 1 N–H and O–H groups in total. The van der Waals surface area contributed by atoms with Crippen LogP contribution < -0.4 is 14.4 Å². The van der Waals surface area contributed by atoms with Gasteiger partial charge in [-0.2, -0.15) is 0 Å². The zero-order valence-corrected chi connectivity index (χ0v) is 16.7. The number of amides is 2. The second kappa shape index (κ2) is 8.79. The number of aliphatic hydroxyl groups excluding tert-OH is 1. The molecule has 3 rings (SSSR count). The molecule has 2 aromatic rings. The average molecular weight is 396 g/mol. The molecular weight excluding hydrogens is 372 g/mol. The lowest BCUT2D eigenvalue weighted by atomic mass is 10.0. The van der Waals surface area contributed by atoms with Crippen molar-refractivity contribution in [1.82, 2.24) is 4.90 Å². The van der Waals surface area contributed by atoms with Crippen molar-refractivity contribution in [3.8, 4) is 11.5 Å². The molecule has 0 bridgehead atoms. The molecule has 2 amide bonds. The summed E-state index contributed by atoms with van der Waals surface area (Å²) in [5.74, 6) is 0.363. The molecule has 7 heteroatoms. The van der Waals surface area contributed by atoms with Crippen LogP contribution in [0.15, 0.2) is 54.2 Å². The van der Waals surface area contributed by atoms with Crippen molar-refractivity contribution in [3.63, 3.8) is 0 Å². The van der Waals surface area contributed by atoms with Crippen LogP contribution in [0.4, 0.5) is 5.69 Å². The summed E-state index contributed by atoms with van der Waals surface area (Å²) < 4.78 is 10.7. The smallest absolute Gasteiger partial charge is 0.282 e. The zero-order chi connectivity index (χ0) is 21.0. The molecule has 7 nitrogen and oxygen atoms in total. The van der Waals surface area contributed by atoms with Gasteiger partial charge in [0.25, 0.3) is 11.8 Å². The topological polar surface area (TPSA) is 79.3 Å². The van der Waals surface area contributed by atoms with Gasteiger partial charge in [-0.05, 0) is 36.8 Å². The third kappa shape index (κ3) is 3.95. The fourth-order valence-electron chi connectivity index (χ4n) is 3.26. The van der Waals surface area contributed by atoms with E-state index in [1.807, 2.05) is 6.92 Å². The van der Waals surface area contributed by atoms with E-state index in [0.29, 0.717) is 29.4 Å². The summed E-state index contributed by atoms with van der Waals surface area (Å²) in [6.45, 7) is 2.51. The number of benzene rings is 2. The van der Waals surface area contributed by atoms with Gasteiger partial charge in [0.1, 0.15) is 17.2 Å². The van der Waals surface area contributed by atoms with Gasteiger partial charge in [-0.3, -0.25) is 9.59 Å². The SMILES string of the molecule is CCOc1ccc(C2=C(N(C)CCO)C(=O)N(c3cccc(OC)c3)C2=O)cc1. The lowest BCUT2D eigenvalue weighted by Crippen LogP contribution is -2.34. The maximum absolute atomic E-state index is 13.3. The summed E-state index contributed by atoms with van der Waals surface area (Å²) >= 11 is 0. The van der Waals surface area contributed by atoms with E-state index in [-0.39, 0.29) is 24.4 Å². The molecule has 0 unspecified atom stereocenters. The number of imide groups is 1. The minimum atomic E-state index is -0.442. The van der Waals surface area contributed by atoms with Crippen LogP contribution >= 0.6 is 0 Å². The number of carbonyl (C=O) groups excluding carboxylic acids is 2. The average Bonchev–Trinajstić information content (AvgIpc) is 2.99. The highest BCUT2D eigenvalue weighted by Gasteiger charge is 2.41. The Morgan fingerprint density at radius 2 is 1.76 bits per heavy atom. The summed E-state index contributed by atoms with van der Waals surface area (Å²) in [6.07, 6.45) is 0. The molecule has 0 aliphatic carbocycles. The molecule has 0 atom stereocenters. The summed E-state index contributed by atoms with van der Waals surface area (Å²) in [4.78, 5) is 29.3. The highest BCUT2D eigenvalue weighted by atomic mass is 16.5. The van der Waals surface area contributed by atoms with Crippen molar-refractivity contribution >= 4 is 23.1 Å². The summed E-state index contributed by atoms with van der Waals surface area (Å²) in [6, 6.07) is 13.8. The monoisotopic (exact) mass is 396 g/mol. The van der Waals surface area contributed by atoms with Crippen molar-refractivity contribution in [2.75, 3.05) is 38.8 Å². The lowest BCUT2D eigenvalue weighted by molar-refractivity contribution is -0.120. The summed E-state index contributed by atoms with van der Waals surface area (Å²) in [5, 5.41) is 9.35. The molecule has 2 aromatic carbocycles. The van der Waals surface area contributed by atoms with Crippen molar-refractivity contribution in [2.24, 2.45) is 0 Å². The first kappa shape index (κ1) is 20.4. The number of likely N-dealkylation sites (N-methyl/N-ethyl adjacent to an activating group) is 1. The van der Waals surface area contributed by atoms with Crippen LogP contribution in [-0.4, -0.2) is 55.7 Å². The fourth-order valence-corrected chi connectivity index (χ4v) is 3.26. The third-order valence-corrected chi connectivity index (χ3v) is 4.64. The number of carbonyl (C=O) groups is 2. The van der Waals surface area contributed by atoms with Gasteiger partial charge in [-0.1, -0.05) is 18.2 Å². The Labute approximate surface area is 169 Å². The van der Waals surface area contributed by atoms with Gasteiger partial charge in [-0.15, -0.1) is 0 Å². The molecule has 0 saturated heterocycles. The van der Waals surface area contributed by atoms with Gasteiger partial charge >= 0.3 is 0 Å². The zero-order valence-electron chi connectivity index (χ0n) is 16.7. The van der Waals surface area contributed by atoms with Gasteiger partial charge in [0.05, 0.1) is 31.6 Å². The largest absolute Gasteiger partial charge is 0.497 e. The minimum absolute atomic E-state index is 0.142. The van der Waals surface area contributed by atoms with Crippen LogP contribution in [0.1, 0.15) is 12.5 Å². The predicted octanol–water partition coefficient (Wildman–Crippen LogP) is 2.30. The molecule has 1 heterocycles. The van der Waals surface area contributed by atoms with Gasteiger partial charge in [-0.25, -0.2) is 4.90 Å². The van der Waals surface area contributed by atoms with Crippen LogP contribution in [0.25, 0.3) is 5.57 Å². The number of anilines is 1. The van der Waals surface area contributed by atoms with E-state index in [9.17, 15) is 14.7 Å². The standard InChI is InChI=1S/C22H24N2O5/c1-4-29-17-10-8-15(9-11-17)19-20(23(2)12-13-25)22(27)24(21(19)26)16-6-5-7-18(14-16)28-3/h5-11,14,25H,4,12-13H2,1-3H3. The predicted molar refractivity (Wildman–Crippen MR) is 110 cm³/mol. The number of hydrogen-bond donors (Lipinski definition) is 1. The van der Waals surface area contributed by atoms with E-state index < -0.39 is 11.8 Å². The first-order valence-electron chi connectivity index (χ1n) is 9.34. The summed E-state index contributed by atoms with van der Waals surface area (Å²) in [5.41, 5.74) is 1.57. The molecule has 0 fully saturated rings. The first-order chi connectivity index (χ1) is 14.0. The van der Waals surface area contributed by atoms with Gasteiger partial charge in [0.15, 0.2) is 0 Å². The Balaban J connectivity index is 2.07. The number of hydrogen-bond acceptors (Lipinski definition) is 6. The number of aliphatic hydroxyl groups is 1. The molecule has 29 heavy (non-hydrogen) atoms. The molecule has 1 aliphatic rings.